The van der Waals surface area contributed by atoms with Crippen LogP contribution in [0.3, 0.4) is 0 Å². The first-order valence-corrected chi connectivity index (χ1v) is 8.11. The van der Waals surface area contributed by atoms with Crippen LogP contribution in [0.1, 0.15) is 13.3 Å². The minimum absolute atomic E-state index is 0.0462. The van der Waals surface area contributed by atoms with Gasteiger partial charge < -0.3 is 29.3 Å². The molecule has 0 saturated heterocycles. The predicted molar refractivity (Wildman–Crippen MR) is 91.2 cm³/mol. The summed E-state index contributed by atoms with van der Waals surface area (Å²) in [5.41, 5.74) is 0. The Balaban J connectivity index is 3.20. The molecule has 0 bridgehead atoms. The van der Waals surface area contributed by atoms with Gasteiger partial charge in [0.15, 0.2) is 0 Å². The Labute approximate surface area is 140 Å². The van der Waals surface area contributed by atoms with Gasteiger partial charge in [0.1, 0.15) is 0 Å². The number of hydrogen-bond donors (Lipinski definition) is 1. The van der Waals surface area contributed by atoms with Gasteiger partial charge in [0.05, 0.1) is 39.6 Å². The minimum atomic E-state index is 0.0462. The number of ether oxygens (including phenoxy) is 3. The monoisotopic (exact) mass is 331 g/mol. The molecule has 0 aromatic heterocycles. The number of likely N-dealkylation sites (N-methyl/N-ethyl adjacent to an activating group) is 1. The maximum absolute atomic E-state index is 11.0. The molecule has 0 aliphatic rings. The molecule has 0 aliphatic carbocycles. The van der Waals surface area contributed by atoms with E-state index in [1.807, 2.05) is 45.4 Å². The summed E-state index contributed by atoms with van der Waals surface area (Å²) in [7, 11) is 5.99. The van der Waals surface area contributed by atoms with E-state index >= 15 is 0 Å². The molecule has 0 spiro atoms. The lowest BCUT2D eigenvalue weighted by atomic mass is 10.4. The zero-order chi connectivity index (χ0) is 17.3. The quantitative estimate of drug-likeness (QED) is 0.442. The Kier molecular flexibility index (Phi) is 14.7. The second-order valence-electron chi connectivity index (χ2n) is 5.28. The SMILES string of the molecule is CCC(=O)NCCOCCOCCOCCN(C)/C=C\N(C)C. The van der Waals surface area contributed by atoms with E-state index in [2.05, 4.69) is 10.2 Å². The number of nitrogens with one attached hydrogen (secondary N) is 1. The lowest BCUT2D eigenvalue weighted by Gasteiger charge is -2.15. The van der Waals surface area contributed by atoms with Crippen LogP contribution >= 0.6 is 0 Å². The third-order valence-corrected chi connectivity index (χ3v) is 2.84. The summed E-state index contributed by atoms with van der Waals surface area (Å²) in [5, 5.41) is 2.75. The first-order valence-electron chi connectivity index (χ1n) is 8.11. The van der Waals surface area contributed by atoms with E-state index < -0.39 is 0 Å². The highest BCUT2D eigenvalue weighted by Gasteiger charge is 1.96. The molecule has 1 amide bonds. The highest BCUT2D eigenvalue weighted by molar-refractivity contribution is 5.75. The largest absolute Gasteiger partial charge is 0.382 e. The van der Waals surface area contributed by atoms with E-state index in [0.29, 0.717) is 52.6 Å². The fourth-order valence-corrected chi connectivity index (χ4v) is 1.46. The Morgan fingerprint density at radius 1 is 0.913 bits per heavy atom. The van der Waals surface area contributed by atoms with Gasteiger partial charge in [0.2, 0.25) is 5.91 Å². The molecule has 0 heterocycles. The lowest BCUT2D eigenvalue weighted by molar-refractivity contribution is -0.121. The zero-order valence-corrected chi connectivity index (χ0v) is 15.0. The molecule has 0 aromatic carbocycles. The van der Waals surface area contributed by atoms with Crippen molar-refractivity contribution in [3.05, 3.63) is 12.4 Å². The van der Waals surface area contributed by atoms with Crippen LogP contribution in [0.4, 0.5) is 0 Å². The maximum Gasteiger partial charge on any atom is 0.219 e. The van der Waals surface area contributed by atoms with E-state index in [0.717, 1.165) is 6.54 Å². The van der Waals surface area contributed by atoms with Gasteiger partial charge in [0.25, 0.3) is 0 Å². The second-order valence-corrected chi connectivity index (χ2v) is 5.28. The first-order chi connectivity index (χ1) is 11.1. The van der Waals surface area contributed by atoms with Crippen LogP contribution in [0, 0.1) is 0 Å². The Morgan fingerprint density at radius 2 is 1.48 bits per heavy atom. The summed E-state index contributed by atoms with van der Waals surface area (Å²) in [4.78, 5) is 15.0. The van der Waals surface area contributed by atoms with Crippen LogP contribution in [0.15, 0.2) is 12.4 Å². The molecule has 136 valence electrons. The summed E-state index contributed by atoms with van der Waals surface area (Å²) in [5.74, 6) is 0.0462. The zero-order valence-electron chi connectivity index (χ0n) is 15.0. The van der Waals surface area contributed by atoms with E-state index in [4.69, 9.17) is 14.2 Å². The van der Waals surface area contributed by atoms with Gasteiger partial charge in [-0.15, -0.1) is 0 Å². The van der Waals surface area contributed by atoms with Crippen LogP contribution in [-0.2, 0) is 19.0 Å². The average Bonchev–Trinajstić information content (AvgIpc) is 2.53. The van der Waals surface area contributed by atoms with Crippen LogP contribution in [-0.4, -0.2) is 89.6 Å². The molecule has 7 heteroatoms. The van der Waals surface area contributed by atoms with Crippen molar-refractivity contribution in [1.82, 2.24) is 15.1 Å². The van der Waals surface area contributed by atoms with Crippen molar-refractivity contribution in [3.63, 3.8) is 0 Å². The number of amides is 1. The van der Waals surface area contributed by atoms with Crippen LogP contribution < -0.4 is 5.32 Å². The van der Waals surface area contributed by atoms with Gasteiger partial charge in [0, 0.05) is 53.1 Å². The number of rotatable bonds is 15. The van der Waals surface area contributed by atoms with Gasteiger partial charge in [-0.2, -0.15) is 0 Å². The third-order valence-electron chi connectivity index (χ3n) is 2.84. The minimum Gasteiger partial charge on any atom is -0.382 e. The van der Waals surface area contributed by atoms with E-state index in [9.17, 15) is 4.79 Å². The Morgan fingerprint density at radius 3 is 2.04 bits per heavy atom. The van der Waals surface area contributed by atoms with Gasteiger partial charge >= 0.3 is 0 Å². The molecule has 0 saturated carbocycles. The van der Waals surface area contributed by atoms with E-state index in [1.165, 1.54) is 0 Å². The van der Waals surface area contributed by atoms with Crippen LogP contribution in [0.5, 0.6) is 0 Å². The van der Waals surface area contributed by atoms with Crippen molar-refractivity contribution in [3.8, 4) is 0 Å². The Bertz CT molecular complexity index is 312. The summed E-state index contributed by atoms with van der Waals surface area (Å²) in [6, 6.07) is 0. The van der Waals surface area contributed by atoms with Gasteiger partial charge in [-0.25, -0.2) is 0 Å². The average molecular weight is 331 g/mol. The first kappa shape index (κ1) is 21.7. The van der Waals surface area contributed by atoms with Crippen molar-refractivity contribution in [2.75, 3.05) is 73.9 Å². The summed E-state index contributed by atoms with van der Waals surface area (Å²) >= 11 is 0. The van der Waals surface area contributed by atoms with Gasteiger partial charge in [-0.3, -0.25) is 4.79 Å². The molecule has 0 aliphatic heterocycles. The van der Waals surface area contributed by atoms with E-state index in [1.54, 1.807) is 0 Å². The summed E-state index contributed by atoms with van der Waals surface area (Å²) in [6.45, 7) is 6.61. The Hall–Kier alpha value is -1.31. The van der Waals surface area contributed by atoms with Crippen molar-refractivity contribution >= 4 is 5.91 Å². The molecule has 1 N–H and O–H groups in total. The highest BCUT2D eigenvalue weighted by Crippen LogP contribution is 1.88. The topological polar surface area (TPSA) is 63.3 Å². The van der Waals surface area contributed by atoms with Crippen LogP contribution in [0.25, 0.3) is 0 Å². The number of carbonyl (C=O) groups is 1. The normalized spacial score (nSPS) is 11.0. The molecule has 0 rings (SSSR count). The van der Waals surface area contributed by atoms with Crippen molar-refractivity contribution in [2.45, 2.75) is 13.3 Å². The summed E-state index contributed by atoms with van der Waals surface area (Å²) < 4.78 is 16.2. The second kappa shape index (κ2) is 15.6. The number of hydrogen-bond acceptors (Lipinski definition) is 6. The number of nitrogens with zero attached hydrogens (tertiary/aromatic N) is 2. The molecule has 0 atom stereocenters. The van der Waals surface area contributed by atoms with Crippen molar-refractivity contribution in [2.24, 2.45) is 0 Å². The van der Waals surface area contributed by atoms with Crippen molar-refractivity contribution in [1.29, 1.82) is 0 Å². The lowest BCUT2D eigenvalue weighted by Crippen LogP contribution is -2.26. The highest BCUT2D eigenvalue weighted by atomic mass is 16.5. The van der Waals surface area contributed by atoms with Gasteiger partial charge in [-0.05, 0) is 0 Å². The third kappa shape index (κ3) is 16.9. The van der Waals surface area contributed by atoms with E-state index in [-0.39, 0.29) is 5.91 Å². The molecular weight excluding hydrogens is 298 g/mol. The fraction of sp³-hybridized carbons (Fsp3) is 0.812. The standard InChI is InChI=1S/C16H33N3O4/c1-5-16(20)17-6-10-21-12-14-23-15-13-22-11-9-19(4)8-7-18(2)3/h7-8H,5-6,9-15H2,1-4H3,(H,17,20)/b8-7-. The molecule has 0 fully saturated rings. The fourth-order valence-electron chi connectivity index (χ4n) is 1.46. The molecule has 7 nitrogen and oxygen atoms in total. The molecule has 23 heavy (non-hydrogen) atoms. The molecule has 0 unspecified atom stereocenters. The molecular formula is C16H33N3O4. The van der Waals surface area contributed by atoms with Crippen molar-refractivity contribution < 1.29 is 19.0 Å². The van der Waals surface area contributed by atoms with Crippen LogP contribution in [0.2, 0.25) is 0 Å². The molecule has 0 aromatic rings. The smallest absolute Gasteiger partial charge is 0.219 e. The number of carbonyl (C=O) groups excluding carboxylic acids is 1. The maximum atomic E-state index is 11.0. The molecule has 0 radical (unpaired) electrons. The predicted octanol–water partition coefficient (Wildman–Crippen LogP) is 0.527. The van der Waals surface area contributed by atoms with Gasteiger partial charge in [-0.1, -0.05) is 6.92 Å². The summed E-state index contributed by atoms with van der Waals surface area (Å²) in [6.07, 6.45) is 4.52.